The number of benzene rings is 2. The zero-order valence-electron chi connectivity index (χ0n) is 11.3. The van der Waals surface area contributed by atoms with Gasteiger partial charge in [0, 0.05) is 21.8 Å². The van der Waals surface area contributed by atoms with Crippen molar-refractivity contribution in [3.8, 4) is 11.5 Å². The molecule has 0 fully saturated rings. The summed E-state index contributed by atoms with van der Waals surface area (Å²) < 4.78 is 10.6. The summed E-state index contributed by atoms with van der Waals surface area (Å²) in [5.41, 5.74) is 2.51. The summed E-state index contributed by atoms with van der Waals surface area (Å²) in [5.74, 6) is 2.06. The molecular weight excluding hydrogens is 272 g/mol. The molecule has 0 unspecified atom stereocenters. The zero-order chi connectivity index (χ0) is 14.1. The van der Waals surface area contributed by atoms with Crippen LogP contribution in [0.3, 0.4) is 0 Å². The van der Waals surface area contributed by atoms with Gasteiger partial charge in [0.05, 0.1) is 14.2 Å². The van der Waals surface area contributed by atoms with Gasteiger partial charge in [-0.25, -0.2) is 0 Å². The highest BCUT2D eigenvalue weighted by molar-refractivity contribution is 7.98. The molecule has 4 heteroatoms. The first-order valence-corrected chi connectivity index (χ1v) is 7.24. The first-order chi connectivity index (χ1) is 9.74. The van der Waals surface area contributed by atoms with E-state index in [0.717, 1.165) is 21.8 Å². The predicted molar refractivity (Wildman–Crippen MR) is 79.0 cm³/mol. The summed E-state index contributed by atoms with van der Waals surface area (Å²) in [7, 11) is 3.18. The molecule has 0 saturated heterocycles. The molecule has 2 aromatic carbocycles. The van der Waals surface area contributed by atoms with Crippen molar-refractivity contribution >= 4 is 17.5 Å². The van der Waals surface area contributed by atoms with Gasteiger partial charge in [-0.15, -0.1) is 11.8 Å². The van der Waals surface area contributed by atoms with E-state index in [1.165, 1.54) is 0 Å². The van der Waals surface area contributed by atoms with Crippen molar-refractivity contribution in [3.05, 3.63) is 53.1 Å². The van der Waals surface area contributed by atoms with Gasteiger partial charge in [-0.05, 0) is 17.7 Å². The van der Waals surface area contributed by atoms with Crippen molar-refractivity contribution in [2.24, 2.45) is 0 Å². The maximum Gasteiger partial charge on any atom is 0.194 e. The summed E-state index contributed by atoms with van der Waals surface area (Å²) >= 11 is 1.65. The molecule has 0 saturated carbocycles. The molecule has 20 heavy (non-hydrogen) atoms. The van der Waals surface area contributed by atoms with Gasteiger partial charge in [-0.1, -0.05) is 24.3 Å². The molecular formula is C16H14O3S. The molecule has 0 N–H and O–H groups in total. The summed E-state index contributed by atoms with van der Waals surface area (Å²) in [5, 5.41) is 0. The van der Waals surface area contributed by atoms with Gasteiger partial charge < -0.3 is 9.47 Å². The highest BCUT2D eigenvalue weighted by Gasteiger charge is 2.23. The molecule has 1 aliphatic rings. The van der Waals surface area contributed by atoms with E-state index in [2.05, 4.69) is 0 Å². The minimum absolute atomic E-state index is 0.0431. The molecule has 0 aliphatic carbocycles. The van der Waals surface area contributed by atoms with Gasteiger partial charge in [-0.2, -0.15) is 0 Å². The standard InChI is InChI=1S/C16H14O3S/c1-18-13-7-12-15(8-14(13)19-2)20-9-10-5-3-4-6-11(10)16(12)17/h3-8H,9H2,1-2H3. The van der Waals surface area contributed by atoms with Crippen molar-refractivity contribution in [1.29, 1.82) is 0 Å². The Kier molecular flexibility index (Phi) is 3.40. The highest BCUT2D eigenvalue weighted by Crippen LogP contribution is 2.40. The minimum Gasteiger partial charge on any atom is -0.493 e. The number of methoxy groups -OCH3 is 2. The van der Waals surface area contributed by atoms with E-state index in [9.17, 15) is 4.79 Å². The number of carbonyl (C=O) groups excluding carboxylic acids is 1. The van der Waals surface area contributed by atoms with Gasteiger partial charge in [0.15, 0.2) is 17.3 Å². The molecule has 0 amide bonds. The topological polar surface area (TPSA) is 35.5 Å². The first kappa shape index (κ1) is 13.1. The maximum atomic E-state index is 12.7. The second-order valence-electron chi connectivity index (χ2n) is 4.48. The average Bonchev–Trinajstić information content (AvgIpc) is 2.64. The molecule has 3 nitrogen and oxygen atoms in total. The number of hydrogen-bond donors (Lipinski definition) is 0. The van der Waals surface area contributed by atoms with Crippen molar-refractivity contribution in [3.63, 3.8) is 0 Å². The van der Waals surface area contributed by atoms with E-state index < -0.39 is 0 Å². The highest BCUT2D eigenvalue weighted by atomic mass is 32.2. The molecule has 0 spiro atoms. The normalized spacial score (nSPS) is 13.2. The number of hydrogen-bond acceptors (Lipinski definition) is 4. The largest absolute Gasteiger partial charge is 0.493 e. The Balaban J connectivity index is 2.18. The Bertz CT molecular complexity index is 679. The van der Waals surface area contributed by atoms with Crippen LogP contribution in [0.4, 0.5) is 0 Å². The van der Waals surface area contributed by atoms with Gasteiger partial charge in [0.2, 0.25) is 0 Å². The number of carbonyl (C=O) groups is 1. The first-order valence-electron chi connectivity index (χ1n) is 6.26. The van der Waals surface area contributed by atoms with Crippen LogP contribution < -0.4 is 9.47 Å². The lowest BCUT2D eigenvalue weighted by Crippen LogP contribution is -2.04. The van der Waals surface area contributed by atoms with Crippen molar-refractivity contribution in [2.75, 3.05) is 14.2 Å². The Morgan fingerprint density at radius 3 is 2.45 bits per heavy atom. The second-order valence-corrected chi connectivity index (χ2v) is 5.50. The molecule has 2 aromatic rings. The Hall–Kier alpha value is -1.94. The van der Waals surface area contributed by atoms with Crippen LogP contribution in [0.2, 0.25) is 0 Å². The van der Waals surface area contributed by atoms with E-state index in [1.54, 1.807) is 32.0 Å². The van der Waals surface area contributed by atoms with E-state index >= 15 is 0 Å². The molecule has 1 heterocycles. The Labute approximate surface area is 121 Å². The number of rotatable bonds is 2. The lowest BCUT2D eigenvalue weighted by molar-refractivity contribution is 0.103. The third-order valence-electron chi connectivity index (χ3n) is 3.38. The van der Waals surface area contributed by atoms with Gasteiger partial charge >= 0.3 is 0 Å². The maximum absolute atomic E-state index is 12.7. The molecule has 0 bridgehead atoms. The third-order valence-corrected chi connectivity index (χ3v) is 4.48. The van der Waals surface area contributed by atoms with E-state index in [1.807, 2.05) is 30.3 Å². The zero-order valence-corrected chi connectivity index (χ0v) is 12.1. The monoisotopic (exact) mass is 286 g/mol. The number of ether oxygens (including phenoxy) is 2. The van der Waals surface area contributed by atoms with Crippen LogP contribution in [0.5, 0.6) is 11.5 Å². The Morgan fingerprint density at radius 1 is 1.00 bits per heavy atom. The van der Waals surface area contributed by atoms with E-state index in [-0.39, 0.29) is 5.78 Å². The van der Waals surface area contributed by atoms with Crippen LogP contribution in [0.15, 0.2) is 41.3 Å². The van der Waals surface area contributed by atoms with Crippen LogP contribution in [0.1, 0.15) is 21.5 Å². The predicted octanol–water partition coefficient (Wildman–Crippen LogP) is 3.54. The molecule has 102 valence electrons. The van der Waals surface area contributed by atoms with Crippen LogP contribution in [-0.2, 0) is 5.75 Å². The second kappa shape index (κ2) is 5.21. The van der Waals surface area contributed by atoms with Crippen molar-refractivity contribution in [2.45, 2.75) is 10.6 Å². The molecule has 3 rings (SSSR count). The van der Waals surface area contributed by atoms with Crippen LogP contribution in [-0.4, -0.2) is 20.0 Å². The van der Waals surface area contributed by atoms with Crippen molar-refractivity contribution < 1.29 is 14.3 Å². The SMILES string of the molecule is COc1cc2c(cc1OC)C(=O)c1ccccc1CS2. The Morgan fingerprint density at radius 2 is 1.70 bits per heavy atom. The fraction of sp³-hybridized carbons (Fsp3) is 0.188. The molecule has 0 radical (unpaired) electrons. The van der Waals surface area contributed by atoms with Crippen molar-refractivity contribution in [1.82, 2.24) is 0 Å². The number of fused-ring (bicyclic) bond motifs is 2. The summed E-state index contributed by atoms with van der Waals surface area (Å²) in [6.07, 6.45) is 0. The lowest BCUT2D eigenvalue weighted by atomic mass is 9.99. The molecule has 1 aliphatic heterocycles. The van der Waals surface area contributed by atoms with Gasteiger partial charge in [0.1, 0.15) is 0 Å². The van der Waals surface area contributed by atoms with E-state index in [4.69, 9.17) is 9.47 Å². The summed E-state index contributed by atoms with van der Waals surface area (Å²) in [6.45, 7) is 0. The summed E-state index contributed by atoms with van der Waals surface area (Å²) in [6, 6.07) is 11.4. The van der Waals surface area contributed by atoms with Gasteiger partial charge in [-0.3, -0.25) is 4.79 Å². The molecule has 0 atom stereocenters. The smallest absolute Gasteiger partial charge is 0.194 e. The quantitative estimate of drug-likeness (QED) is 0.846. The number of thioether (sulfide) groups is 1. The van der Waals surface area contributed by atoms with Gasteiger partial charge in [0.25, 0.3) is 0 Å². The lowest BCUT2D eigenvalue weighted by Gasteiger charge is -2.11. The van der Waals surface area contributed by atoms with E-state index in [0.29, 0.717) is 17.1 Å². The van der Waals surface area contributed by atoms with Crippen LogP contribution >= 0.6 is 11.8 Å². The average molecular weight is 286 g/mol. The third kappa shape index (κ3) is 2.06. The number of ketones is 1. The molecule has 0 aromatic heterocycles. The van der Waals surface area contributed by atoms with Crippen LogP contribution in [0, 0.1) is 0 Å². The fourth-order valence-corrected chi connectivity index (χ4v) is 3.39. The summed E-state index contributed by atoms with van der Waals surface area (Å²) in [4.78, 5) is 13.6. The fourth-order valence-electron chi connectivity index (χ4n) is 2.33. The van der Waals surface area contributed by atoms with Crippen LogP contribution in [0.25, 0.3) is 0 Å². The minimum atomic E-state index is 0.0431.